The molecule has 1 aliphatic rings. The van der Waals surface area contributed by atoms with Gasteiger partial charge in [-0.25, -0.2) is 4.79 Å². The summed E-state index contributed by atoms with van der Waals surface area (Å²) in [5.74, 6) is 0. The Kier molecular flexibility index (Phi) is 6.30. The van der Waals surface area contributed by atoms with Crippen LogP contribution in [0, 0.1) is 13.8 Å². The molecular formula is C21H25Cl2N3O. The summed E-state index contributed by atoms with van der Waals surface area (Å²) in [5.41, 5.74) is 3.24. The molecule has 3 rings (SSSR count). The Balaban J connectivity index is 2.00. The standard InChI is InChI=1S/C21H25Cl2N3O/c1-13-7-4-9-16(22)19(13)25-21(27)26(15(3)18-11-6-12-24-18)20-14(2)8-5-10-17(20)23/h4-5,7-10,15,18,24H,6,11-12H2,1-3H3,(H,25,27). The molecule has 0 saturated carbocycles. The molecule has 1 saturated heterocycles. The lowest BCUT2D eigenvalue weighted by molar-refractivity contribution is 0.253. The van der Waals surface area contributed by atoms with Crippen LogP contribution in [0.1, 0.15) is 30.9 Å². The molecule has 2 aromatic carbocycles. The first-order chi connectivity index (χ1) is 12.9. The van der Waals surface area contributed by atoms with Crippen molar-refractivity contribution in [3.8, 4) is 0 Å². The Morgan fingerprint density at radius 2 is 1.81 bits per heavy atom. The maximum atomic E-state index is 13.4. The van der Waals surface area contributed by atoms with E-state index in [-0.39, 0.29) is 18.1 Å². The van der Waals surface area contributed by atoms with Gasteiger partial charge in [0.2, 0.25) is 0 Å². The average molecular weight is 406 g/mol. The molecule has 0 aliphatic carbocycles. The van der Waals surface area contributed by atoms with Crippen LogP contribution in [0.25, 0.3) is 0 Å². The number of nitrogens with zero attached hydrogens (tertiary/aromatic N) is 1. The number of halogens is 2. The van der Waals surface area contributed by atoms with E-state index in [2.05, 4.69) is 17.6 Å². The van der Waals surface area contributed by atoms with E-state index in [1.165, 1.54) is 0 Å². The lowest BCUT2D eigenvalue weighted by Crippen LogP contribution is -2.51. The molecule has 4 nitrogen and oxygen atoms in total. The molecule has 2 atom stereocenters. The third-order valence-corrected chi connectivity index (χ3v) is 5.81. The van der Waals surface area contributed by atoms with Gasteiger partial charge in [-0.2, -0.15) is 0 Å². The largest absolute Gasteiger partial charge is 0.326 e. The highest BCUT2D eigenvalue weighted by molar-refractivity contribution is 6.35. The van der Waals surface area contributed by atoms with Gasteiger partial charge in [0.1, 0.15) is 0 Å². The zero-order valence-electron chi connectivity index (χ0n) is 15.9. The van der Waals surface area contributed by atoms with Crippen molar-refractivity contribution in [1.29, 1.82) is 0 Å². The number of benzene rings is 2. The summed E-state index contributed by atoms with van der Waals surface area (Å²) in [6.45, 7) is 6.92. The summed E-state index contributed by atoms with van der Waals surface area (Å²) in [6.07, 6.45) is 2.13. The first-order valence-corrected chi connectivity index (χ1v) is 9.99. The van der Waals surface area contributed by atoms with Crippen molar-refractivity contribution in [2.24, 2.45) is 0 Å². The molecular weight excluding hydrogens is 381 g/mol. The highest BCUT2D eigenvalue weighted by Gasteiger charge is 2.32. The summed E-state index contributed by atoms with van der Waals surface area (Å²) in [6, 6.07) is 11.2. The van der Waals surface area contributed by atoms with Gasteiger partial charge in [-0.1, -0.05) is 47.5 Å². The Labute approximate surface area is 170 Å². The van der Waals surface area contributed by atoms with Crippen LogP contribution in [0.5, 0.6) is 0 Å². The number of amides is 2. The van der Waals surface area contributed by atoms with Crippen molar-refractivity contribution in [3.63, 3.8) is 0 Å². The number of anilines is 2. The third kappa shape index (κ3) is 4.23. The second-order valence-electron chi connectivity index (χ2n) is 7.08. The van der Waals surface area contributed by atoms with Crippen LogP contribution in [0.2, 0.25) is 10.0 Å². The number of hydrogen-bond donors (Lipinski definition) is 2. The summed E-state index contributed by atoms with van der Waals surface area (Å²) < 4.78 is 0. The maximum Gasteiger partial charge on any atom is 0.326 e. The summed E-state index contributed by atoms with van der Waals surface area (Å²) in [4.78, 5) is 15.2. The van der Waals surface area contributed by atoms with Gasteiger partial charge in [0.15, 0.2) is 0 Å². The number of carbonyl (C=O) groups is 1. The molecule has 1 aliphatic heterocycles. The van der Waals surface area contributed by atoms with Crippen molar-refractivity contribution in [3.05, 3.63) is 57.6 Å². The zero-order chi connectivity index (χ0) is 19.6. The fourth-order valence-corrected chi connectivity index (χ4v) is 4.26. The number of nitrogens with one attached hydrogen (secondary N) is 2. The number of para-hydroxylation sites is 2. The van der Waals surface area contributed by atoms with Gasteiger partial charge in [0.05, 0.1) is 27.5 Å². The molecule has 0 radical (unpaired) electrons. The molecule has 6 heteroatoms. The first-order valence-electron chi connectivity index (χ1n) is 9.24. The van der Waals surface area contributed by atoms with E-state index in [0.29, 0.717) is 15.7 Å². The Morgan fingerprint density at radius 1 is 1.15 bits per heavy atom. The van der Waals surface area contributed by atoms with Crippen LogP contribution in [0.3, 0.4) is 0 Å². The minimum atomic E-state index is -0.233. The number of carbonyl (C=O) groups excluding carboxylic acids is 1. The van der Waals surface area contributed by atoms with E-state index >= 15 is 0 Å². The summed E-state index contributed by atoms with van der Waals surface area (Å²) in [5, 5.41) is 7.58. The van der Waals surface area contributed by atoms with Crippen LogP contribution < -0.4 is 15.5 Å². The van der Waals surface area contributed by atoms with E-state index < -0.39 is 0 Å². The minimum Gasteiger partial charge on any atom is -0.312 e. The van der Waals surface area contributed by atoms with Gasteiger partial charge in [0.25, 0.3) is 0 Å². The highest BCUT2D eigenvalue weighted by Crippen LogP contribution is 2.34. The molecule has 0 aromatic heterocycles. The Hall–Kier alpha value is -1.75. The van der Waals surface area contributed by atoms with Crippen molar-refractivity contribution in [2.45, 2.75) is 45.7 Å². The van der Waals surface area contributed by atoms with Crippen molar-refractivity contribution in [1.82, 2.24) is 5.32 Å². The van der Waals surface area contributed by atoms with Gasteiger partial charge in [0, 0.05) is 6.04 Å². The molecule has 2 amide bonds. The van der Waals surface area contributed by atoms with E-state index in [4.69, 9.17) is 23.2 Å². The molecule has 2 N–H and O–H groups in total. The summed E-state index contributed by atoms with van der Waals surface area (Å²) >= 11 is 12.8. The molecule has 27 heavy (non-hydrogen) atoms. The van der Waals surface area contributed by atoms with E-state index in [0.717, 1.165) is 36.2 Å². The number of rotatable bonds is 4. The minimum absolute atomic E-state index is 0.0612. The Bertz CT molecular complexity index is 794. The second-order valence-corrected chi connectivity index (χ2v) is 7.90. The molecule has 144 valence electrons. The third-order valence-electron chi connectivity index (χ3n) is 5.19. The first kappa shape index (κ1) is 20.0. The molecule has 1 heterocycles. The summed E-state index contributed by atoms with van der Waals surface area (Å²) in [7, 11) is 0. The van der Waals surface area contributed by atoms with Crippen LogP contribution >= 0.6 is 23.2 Å². The lowest BCUT2D eigenvalue weighted by Gasteiger charge is -2.35. The topological polar surface area (TPSA) is 44.4 Å². The van der Waals surface area contributed by atoms with Gasteiger partial charge in [-0.05, 0) is 63.4 Å². The number of aryl methyl sites for hydroxylation is 2. The number of urea groups is 1. The highest BCUT2D eigenvalue weighted by atomic mass is 35.5. The normalized spacial score (nSPS) is 17.6. The molecule has 0 bridgehead atoms. The van der Waals surface area contributed by atoms with E-state index in [9.17, 15) is 4.79 Å². The smallest absolute Gasteiger partial charge is 0.312 e. The van der Waals surface area contributed by atoms with Crippen LogP contribution in [-0.4, -0.2) is 24.7 Å². The lowest BCUT2D eigenvalue weighted by atomic mass is 10.0. The SMILES string of the molecule is Cc1cccc(Cl)c1NC(=O)N(c1c(C)cccc1Cl)C(C)C1CCCN1. The van der Waals surface area contributed by atoms with Gasteiger partial charge < -0.3 is 10.6 Å². The molecule has 0 spiro atoms. The fraction of sp³-hybridized carbons (Fsp3) is 0.381. The molecule has 1 fully saturated rings. The Morgan fingerprint density at radius 3 is 2.41 bits per heavy atom. The van der Waals surface area contributed by atoms with Gasteiger partial charge in [-0.3, -0.25) is 4.90 Å². The van der Waals surface area contributed by atoms with Crippen molar-refractivity contribution < 1.29 is 4.79 Å². The van der Waals surface area contributed by atoms with Crippen LogP contribution in [0.15, 0.2) is 36.4 Å². The predicted octanol–water partition coefficient (Wildman–Crippen LogP) is 5.79. The second kappa shape index (κ2) is 8.51. The van der Waals surface area contributed by atoms with Crippen LogP contribution in [-0.2, 0) is 0 Å². The predicted molar refractivity (Wildman–Crippen MR) is 114 cm³/mol. The maximum absolute atomic E-state index is 13.4. The van der Waals surface area contributed by atoms with E-state index in [1.807, 2.05) is 44.2 Å². The monoisotopic (exact) mass is 405 g/mol. The van der Waals surface area contributed by atoms with Crippen LogP contribution in [0.4, 0.5) is 16.2 Å². The fourth-order valence-electron chi connectivity index (χ4n) is 3.68. The van der Waals surface area contributed by atoms with Crippen molar-refractivity contribution >= 4 is 40.6 Å². The zero-order valence-corrected chi connectivity index (χ0v) is 17.4. The van der Waals surface area contributed by atoms with Crippen molar-refractivity contribution in [2.75, 3.05) is 16.8 Å². The average Bonchev–Trinajstić information content (AvgIpc) is 3.15. The van der Waals surface area contributed by atoms with Gasteiger partial charge in [-0.15, -0.1) is 0 Å². The van der Waals surface area contributed by atoms with Gasteiger partial charge >= 0.3 is 6.03 Å². The quantitative estimate of drug-likeness (QED) is 0.675. The van der Waals surface area contributed by atoms with E-state index in [1.54, 1.807) is 11.0 Å². The molecule has 2 unspecified atom stereocenters. The molecule has 2 aromatic rings. The number of hydrogen-bond acceptors (Lipinski definition) is 2.